The van der Waals surface area contributed by atoms with Gasteiger partial charge in [-0.25, -0.2) is 0 Å². The second-order valence-electron chi connectivity index (χ2n) is 3.64. The van der Waals surface area contributed by atoms with E-state index in [9.17, 15) is 10.1 Å². The van der Waals surface area contributed by atoms with Gasteiger partial charge in [-0.15, -0.1) is 0 Å². The summed E-state index contributed by atoms with van der Waals surface area (Å²) in [6.07, 6.45) is 5.84. The van der Waals surface area contributed by atoms with E-state index in [0.717, 1.165) is 11.1 Å². The van der Waals surface area contributed by atoms with Crippen LogP contribution in [0, 0.1) is 10.1 Å². The van der Waals surface area contributed by atoms with E-state index >= 15 is 0 Å². The Bertz CT molecular complexity index is 467. The first-order valence-corrected chi connectivity index (χ1v) is 5.98. The van der Waals surface area contributed by atoms with E-state index in [1.807, 2.05) is 65.1 Å². The monoisotopic (exact) mass is 327 g/mol. The summed E-state index contributed by atoms with van der Waals surface area (Å²) in [5.74, 6) is 0. The van der Waals surface area contributed by atoms with Crippen molar-refractivity contribution in [2.24, 2.45) is 0 Å². The summed E-state index contributed by atoms with van der Waals surface area (Å²) < 4.78 is -0.976. The SMILES string of the molecule is O=[N+]([O-])C1(I)C=CC(c2ccccc2)=CC1. The van der Waals surface area contributed by atoms with Gasteiger partial charge in [-0.3, -0.25) is 10.1 Å². The Kier molecular flexibility index (Phi) is 3.09. The van der Waals surface area contributed by atoms with Gasteiger partial charge in [0.2, 0.25) is 0 Å². The molecule has 82 valence electrons. The second-order valence-corrected chi connectivity index (χ2v) is 5.51. The zero-order chi connectivity index (χ0) is 11.6. The summed E-state index contributed by atoms with van der Waals surface area (Å²) in [5.41, 5.74) is 2.15. The molecule has 0 heterocycles. The van der Waals surface area contributed by atoms with Crippen LogP contribution in [0.2, 0.25) is 0 Å². The smallest absolute Gasteiger partial charge is 0.263 e. The highest BCUT2D eigenvalue weighted by atomic mass is 127. The Morgan fingerprint density at radius 1 is 1.31 bits per heavy atom. The highest BCUT2D eigenvalue weighted by Crippen LogP contribution is 2.33. The van der Waals surface area contributed by atoms with Gasteiger partial charge in [-0.05, 0) is 11.1 Å². The van der Waals surface area contributed by atoms with Crippen molar-refractivity contribution in [1.29, 1.82) is 0 Å². The van der Waals surface area contributed by atoms with Crippen molar-refractivity contribution in [2.75, 3.05) is 0 Å². The summed E-state index contributed by atoms with van der Waals surface area (Å²) in [6.45, 7) is 0. The fourth-order valence-corrected chi connectivity index (χ4v) is 1.99. The fraction of sp³-hybridized carbons (Fsp3) is 0.167. The highest BCUT2D eigenvalue weighted by Gasteiger charge is 2.36. The third-order valence-electron chi connectivity index (χ3n) is 2.54. The first-order chi connectivity index (χ1) is 7.62. The summed E-state index contributed by atoms with van der Waals surface area (Å²) in [7, 11) is 0. The molecular weight excluding hydrogens is 317 g/mol. The molecule has 2 rings (SSSR count). The van der Waals surface area contributed by atoms with E-state index in [-0.39, 0.29) is 4.92 Å². The Hall–Kier alpha value is -1.17. The van der Waals surface area contributed by atoms with Gasteiger partial charge in [0.15, 0.2) is 0 Å². The molecule has 0 N–H and O–H groups in total. The summed E-state index contributed by atoms with van der Waals surface area (Å²) in [6, 6.07) is 9.88. The van der Waals surface area contributed by atoms with Crippen molar-refractivity contribution in [3.63, 3.8) is 0 Å². The van der Waals surface area contributed by atoms with Crippen molar-refractivity contribution in [3.05, 3.63) is 64.2 Å². The molecule has 0 fully saturated rings. The molecule has 3 nitrogen and oxygen atoms in total. The van der Waals surface area contributed by atoms with Gasteiger partial charge in [0.1, 0.15) is 0 Å². The number of halogens is 1. The van der Waals surface area contributed by atoms with Crippen LogP contribution in [0.5, 0.6) is 0 Å². The van der Waals surface area contributed by atoms with E-state index in [2.05, 4.69) is 0 Å². The van der Waals surface area contributed by atoms with Crippen LogP contribution in [0.15, 0.2) is 48.6 Å². The van der Waals surface area contributed by atoms with Crippen molar-refractivity contribution in [2.45, 2.75) is 9.97 Å². The van der Waals surface area contributed by atoms with Gasteiger partial charge in [0, 0.05) is 33.6 Å². The molecule has 1 aliphatic carbocycles. The summed E-state index contributed by atoms with van der Waals surface area (Å²) in [4.78, 5) is 10.6. The molecule has 1 aromatic rings. The standard InChI is InChI=1S/C12H10INO2/c13-12(14(15)16)8-6-11(7-9-12)10-4-2-1-3-5-10/h1-8H,9H2. The number of nitrogens with zero attached hydrogens (tertiary/aromatic N) is 1. The Labute approximate surface area is 107 Å². The normalized spacial score (nSPS) is 23.9. The molecule has 16 heavy (non-hydrogen) atoms. The third-order valence-corrected chi connectivity index (χ3v) is 3.73. The molecule has 0 saturated carbocycles. The quantitative estimate of drug-likeness (QED) is 0.275. The molecule has 0 spiro atoms. The number of hydrogen-bond donors (Lipinski definition) is 0. The molecule has 0 amide bonds. The van der Waals surface area contributed by atoms with Gasteiger partial charge >= 0.3 is 0 Å². The number of alkyl halides is 1. The topological polar surface area (TPSA) is 43.1 Å². The minimum atomic E-state index is -0.976. The maximum Gasteiger partial charge on any atom is 0.291 e. The number of rotatable bonds is 2. The predicted octanol–water partition coefficient (Wildman–Crippen LogP) is 3.44. The molecule has 0 aliphatic heterocycles. The van der Waals surface area contributed by atoms with Crippen LogP contribution in [0.4, 0.5) is 0 Å². The molecule has 0 radical (unpaired) electrons. The molecule has 1 atom stereocenters. The lowest BCUT2D eigenvalue weighted by molar-refractivity contribution is -0.516. The van der Waals surface area contributed by atoms with Gasteiger partial charge < -0.3 is 0 Å². The minimum Gasteiger partial charge on any atom is -0.263 e. The van der Waals surface area contributed by atoms with E-state index < -0.39 is 3.55 Å². The second kappa shape index (κ2) is 4.37. The Morgan fingerprint density at radius 3 is 2.50 bits per heavy atom. The Morgan fingerprint density at radius 2 is 2.00 bits per heavy atom. The molecule has 4 heteroatoms. The van der Waals surface area contributed by atoms with Crippen LogP contribution in [-0.2, 0) is 0 Å². The average Bonchev–Trinajstić information content (AvgIpc) is 2.31. The van der Waals surface area contributed by atoms with Crippen molar-refractivity contribution in [1.82, 2.24) is 0 Å². The molecule has 0 saturated heterocycles. The molecule has 1 unspecified atom stereocenters. The van der Waals surface area contributed by atoms with Crippen LogP contribution in [0.25, 0.3) is 5.57 Å². The number of allylic oxidation sites excluding steroid dienone is 2. The highest BCUT2D eigenvalue weighted by molar-refractivity contribution is 14.1. The maximum atomic E-state index is 10.8. The van der Waals surface area contributed by atoms with Crippen LogP contribution >= 0.6 is 22.6 Å². The van der Waals surface area contributed by atoms with Crippen LogP contribution in [-0.4, -0.2) is 8.47 Å². The van der Waals surface area contributed by atoms with Crippen molar-refractivity contribution >= 4 is 28.2 Å². The van der Waals surface area contributed by atoms with Gasteiger partial charge in [0.25, 0.3) is 3.55 Å². The van der Waals surface area contributed by atoms with E-state index in [0.29, 0.717) is 6.42 Å². The van der Waals surface area contributed by atoms with Gasteiger partial charge in [-0.2, -0.15) is 0 Å². The van der Waals surface area contributed by atoms with Crippen LogP contribution in [0.3, 0.4) is 0 Å². The lowest BCUT2D eigenvalue weighted by Crippen LogP contribution is -2.29. The van der Waals surface area contributed by atoms with Crippen LogP contribution < -0.4 is 0 Å². The first-order valence-electron chi connectivity index (χ1n) is 4.90. The zero-order valence-electron chi connectivity index (χ0n) is 8.47. The largest absolute Gasteiger partial charge is 0.291 e. The maximum absolute atomic E-state index is 10.8. The first kappa shape index (κ1) is 11.3. The zero-order valence-corrected chi connectivity index (χ0v) is 10.6. The van der Waals surface area contributed by atoms with Gasteiger partial charge in [0.05, 0.1) is 6.42 Å². The van der Waals surface area contributed by atoms with Crippen molar-refractivity contribution < 1.29 is 4.92 Å². The third kappa shape index (κ3) is 2.16. The molecule has 1 aromatic carbocycles. The van der Waals surface area contributed by atoms with Gasteiger partial charge in [-0.1, -0.05) is 42.5 Å². The van der Waals surface area contributed by atoms with E-state index in [1.54, 1.807) is 6.08 Å². The van der Waals surface area contributed by atoms with Crippen molar-refractivity contribution in [3.8, 4) is 0 Å². The molecular formula is C12H10INO2. The van der Waals surface area contributed by atoms with E-state index in [4.69, 9.17) is 0 Å². The fourth-order valence-electron chi connectivity index (χ4n) is 1.59. The lowest BCUT2D eigenvalue weighted by Gasteiger charge is -2.17. The summed E-state index contributed by atoms with van der Waals surface area (Å²) in [5, 5.41) is 10.8. The average molecular weight is 327 g/mol. The number of benzene rings is 1. The number of hydrogen-bond acceptors (Lipinski definition) is 2. The Balaban J connectivity index is 2.23. The predicted molar refractivity (Wildman–Crippen MR) is 71.9 cm³/mol. The minimum absolute atomic E-state index is 0.248. The molecule has 0 bridgehead atoms. The lowest BCUT2D eigenvalue weighted by atomic mass is 9.97. The number of nitro groups is 1. The molecule has 1 aliphatic rings. The molecule has 0 aromatic heterocycles. The van der Waals surface area contributed by atoms with E-state index in [1.165, 1.54) is 0 Å². The summed E-state index contributed by atoms with van der Waals surface area (Å²) >= 11 is 1.88. The van der Waals surface area contributed by atoms with Crippen LogP contribution in [0.1, 0.15) is 12.0 Å².